The van der Waals surface area contributed by atoms with E-state index in [0.717, 1.165) is 36.1 Å². The first kappa shape index (κ1) is 27.9. The van der Waals surface area contributed by atoms with Gasteiger partial charge in [0.15, 0.2) is 0 Å². The van der Waals surface area contributed by atoms with Crippen LogP contribution in [0.25, 0.3) is 11.3 Å². The van der Waals surface area contributed by atoms with Gasteiger partial charge in [0.25, 0.3) is 5.91 Å². The van der Waals surface area contributed by atoms with Gasteiger partial charge in [0, 0.05) is 31.7 Å². The van der Waals surface area contributed by atoms with Gasteiger partial charge in [-0.25, -0.2) is 19.7 Å². The molecule has 0 radical (unpaired) electrons. The molecule has 1 saturated heterocycles. The van der Waals surface area contributed by atoms with E-state index in [1.54, 1.807) is 17.3 Å². The predicted molar refractivity (Wildman–Crippen MR) is 155 cm³/mol. The van der Waals surface area contributed by atoms with Crippen LogP contribution in [0.15, 0.2) is 54.0 Å². The van der Waals surface area contributed by atoms with Crippen molar-refractivity contribution in [2.75, 3.05) is 36.8 Å². The summed E-state index contributed by atoms with van der Waals surface area (Å²) in [4.78, 5) is 50.4. The third kappa shape index (κ3) is 6.11. The van der Waals surface area contributed by atoms with Crippen molar-refractivity contribution in [3.05, 3.63) is 60.3 Å². The van der Waals surface area contributed by atoms with Crippen molar-refractivity contribution in [1.29, 1.82) is 0 Å². The largest absolute Gasteiger partial charge is 0.444 e. The number of piperazine rings is 1. The fourth-order valence-corrected chi connectivity index (χ4v) is 4.98. The maximum atomic E-state index is 13.0. The van der Waals surface area contributed by atoms with E-state index in [9.17, 15) is 9.59 Å². The molecular weight excluding hydrogens is 522 g/mol. The lowest BCUT2D eigenvalue weighted by molar-refractivity contribution is 0.0240. The van der Waals surface area contributed by atoms with Crippen molar-refractivity contribution in [3.63, 3.8) is 0 Å². The number of nitrogens with zero attached hydrogens (tertiary/aromatic N) is 7. The Morgan fingerprint density at radius 3 is 2.17 bits per heavy atom. The first-order chi connectivity index (χ1) is 19.5. The van der Waals surface area contributed by atoms with Crippen molar-refractivity contribution in [2.45, 2.75) is 51.0 Å². The standard InChI is InChI=1S/C29H35N9O3/c1-28(2,3)41-27(40)38-13-11-37(12-14-38)24-18-33-22(16-35-24)25(39)36-26(31)29(9-4-10-29)20-7-5-19(6-8-20)21-15-34-23(30)17-32-21/h5-8,15-18H,4,9-14H2,1-3H3,(H2,30,34)(H2,31,36,39). The second kappa shape index (κ2) is 11.1. The number of amidine groups is 1. The van der Waals surface area contributed by atoms with Gasteiger partial charge in [0.05, 0.1) is 35.9 Å². The topological polar surface area (TPSA) is 166 Å². The first-order valence-electron chi connectivity index (χ1n) is 13.7. The highest BCUT2D eigenvalue weighted by molar-refractivity contribution is 6.05. The fourth-order valence-electron chi connectivity index (χ4n) is 4.98. The molecule has 12 nitrogen and oxygen atoms in total. The zero-order chi connectivity index (χ0) is 29.2. The first-order valence-corrected chi connectivity index (χ1v) is 13.7. The lowest BCUT2D eigenvalue weighted by Gasteiger charge is -2.41. The number of hydrogen-bond donors (Lipinski definition) is 2. The third-order valence-electron chi connectivity index (χ3n) is 7.44. The molecule has 0 atom stereocenters. The molecule has 2 amide bonds. The molecule has 2 aliphatic rings. The van der Waals surface area contributed by atoms with Gasteiger partial charge in [-0.3, -0.25) is 9.78 Å². The zero-order valence-electron chi connectivity index (χ0n) is 23.6. The molecule has 4 N–H and O–H groups in total. The molecule has 12 heteroatoms. The summed E-state index contributed by atoms with van der Waals surface area (Å²) >= 11 is 0. The van der Waals surface area contributed by atoms with Gasteiger partial charge in [-0.05, 0) is 39.2 Å². The molecule has 5 rings (SSSR count). The number of carbonyl (C=O) groups is 2. The van der Waals surface area contributed by atoms with Crippen LogP contribution in [0.3, 0.4) is 0 Å². The van der Waals surface area contributed by atoms with Gasteiger partial charge in [-0.1, -0.05) is 30.7 Å². The van der Waals surface area contributed by atoms with E-state index in [2.05, 4.69) is 24.9 Å². The van der Waals surface area contributed by atoms with Crippen LogP contribution in [-0.4, -0.2) is 74.5 Å². The molecule has 1 saturated carbocycles. The van der Waals surface area contributed by atoms with Gasteiger partial charge in [-0.2, -0.15) is 4.99 Å². The van der Waals surface area contributed by atoms with Gasteiger partial charge < -0.3 is 26.0 Å². The van der Waals surface area contributed by atoms with Crippen molar-refractivity contribution < 1.29 is 14.3 Å². The highest BCUT2D eigenvalue weighted by atomic mass is 16.6. The highest BCUT2D eigenvalue weighted by Gasteiger charge is 2.43. The zero-order valence-corrected chi connectivity index (χ0v) is 23.6. The van der Waals surface area contributed by atoms with Crippen LogP contribution in [-0.2, 0) is 10.2 Å². The molecule has 1 aliphatic carbocycles. The average molecular weight is 558 g/mol. The Hall–Kier alpha value is -4.61. The number of amides is 2. The molecule has 214 valence electrons. The second-order valence-electron chi connectivity index (χ2n) is 11.4. The Balaban J connectivity index is 1.23. The SMILES string of the molecule is CC(C)(C)OC(=O)N1CCN(c2cnc(C(=O)N=C(N)C3(c4ccc(-c5cnc(N)cn5)cc4)CCC3)cn2)CC1. The van der Waals surface area contributed by atoms with Crippen LogP contribution >= 0.6 is 0 Å². The van der Waals surface area contributed by atoms with E-state index < -0.39 is 16.9 Å². The minimum absolute atomic E-state index is 0.121. The van der Waals surface area contributed by atoms with E-state index in [0.29, 0.717) is 37.8 Å². The summed E-state index contributed by atoms with van der Waals surface area (Å²) in [6.07, 6.45) is 8.41. The number of hydrogen-bond acceptors (Lipinski definition) is 9. The fraction of sp³-hybridized carbons (Fsp3) is 0.414. The number of benzene rings is 1. The summed E-state index contributed by atoms with van der Waals surface area (Å²) < 4.78 is 5.46. The van der Waals surface area contributed by atoms with E-state index >= 15 is 0 Å². The summed E-state index contributed by atoms with van der Waals surface area (Å²) in [7, 11) is 0. The number of nitrogen functional groups attached to an aromatic ring is 1. The molecule has 3 heterocycles. The summed E-state index contributed by atoms with van der Waals surface area (Å²) in [6.45, 7) is 7.72. The Kier molecular flexibility index (Phi) is 7.57. The normalized spacial score (nSPS) is 17.1. The van der Waals surface area contributed by atoms with Crippen molar-refractivity contribution in [2.24, 2.45) is 10.7 Å². The number of rotatable bonds is 5. The quantitative estimate of drug-likeness (QED) is 0.351. The monoisotopic (exact) mass is 557 g/mol. The maximum Gasteiger partial charge on any atom is 0.410 e. The van der Waals surface area contributed by atoms with Crippen molar-refractivity contribution in [3.8, 4) is 11.3 Å². The number of nitrogens with two attached hydrogens (primary N) is 2. The molecule has 0 spiro atoms. The number of anilines is 2. The average Bonchev–Trinajstić information content (AvgIpc) is 2.92. The van der Waals surface area contributed by atoms with E-state index in [1.165, 1.54) is 12.4 Å². The van der Waals surface area contributed by atoms with Crippen molar-refractivity contribution in [1.82, 2.24) is 24.8 Å². The molecule has 2 fully saturated rings. The van der Waals surface area contributed by atoms with Gasteiger partial charge in [-0.15, -0.1) is 0 Å². The lowest BCUT2D eigenvalue weighted by atomic mass is 9.63. The minimum atomic E-state index is -0.537. The van der Waals surface area contributed by atoms with Gasteiger partial charge in [0.2, 0.25) is 0 Å². The minimum Gasteiger partial charge on any atom is -0.444 e. The van der Waals surface area contributed by atoms with E-state index in [1.807, 2.05) is 49.9 Å². The maximum absolute atomic E-state index is 13.0. The van der Waals surface area contributed by atoms with Crippen LogP contribution in [0.2, 0.25) is 0 Å². The smallest absolute Gasteiger partial charge is 0.410 e. The van der Waals surface area contributed by atoms with Crippen LogP contribution in [0.4, 0.5) is 16.4 Å². The third-order valence-corrected chi connectivity index (χ3v) is 7.44. The molecule has 3 aromatic rings. The predicted octanol–water partition coefficient (Wildman–Crippen LogP) is 3.19. The molecule has 1 aliphatic heterocycles. The molecule has 0 bridgehead atoms. The lowest BCUT2D eigenvalue weighted by Crippen LogP contribution is -2.50. The second-order valence-corrected chi connectivity index (χ2v) is 11.4. The van der Waals surface area contributed by atoms with Crippen LogP contribution in [0.5, 0.6) is 0 Å². The number of aromatic nitrogens is 4. The molecular formula is C29H35N9O3. The Bertz CT molecular complexity index is 1420. The van der Waals surface area contributed by atoms with Gasteiger partial charge in [0.1, 0.15) is 28.8 Å². The summed E-state index contributed by atoms with van der Waals surface area (Å²) in [6, 6.07) is 7.91. The molecule has 0 unspecified atom stereocenters. The number of carbonyl (C=O) groups excluding carboxylic acids is 2. The Morgan fingerprint density at radius 2 is 1.63 bits per heavy atom. The van der Waals surface area contributed by atoms with Crippen molar-refractivity contribution >= 4 is 29.5 Å². The summed E-state index contributed by atoms with van der Waals surface area (Å²) in [5.41, 5.74) is 13.8. The van der Waals surface area contributed by atoms with E-state index in [4.69, 9.17) is 16.2 Å². The highest BCUT2D eigenvalue weighted by Crippen LogP contribution is 2.44. The summed E-state index contributed by atoms with van der Waals surface area (Å²) in [5, 5.41) is 0. The summed E-state index contributed by atoms with van der Waals surface area (Å²) in [5.74, 6) is 0.739. The number of aliphatic imine (C=N–C) groups is 1. The van der Waals surface area contributed by atoms with Crippen LogP contribution in [0, 0.1) is 0 Å². The van der Waals surface area contributed by atoms with Crippen LogP contribution < -0.4 is 16.4 Å². The van der Waals surface area contributed by atoms with Crippen LogP contribution in [0.1, 0.15) is 56.1 Å². The van der Waals surface area contributed by atoms with E-state index in [-0.39, 0.29) is 17.6 Å². The Morgan fingerprint density at radius 1 is 0.927 bits per heavy atom. The Labute approximate surface area is 238 Å². The molecule has 2 aromatic heterocycles. The number of ether oxygens (including phenoxy) is 1. The molecule has 41 heavy (non-hydrogen) atoms. The van der Waals surface area contributed by atoms with Gasteiger partial charge >= 0.3 is 6.09 Å². The molecule has 1 aromatic carbocycles.